The van der Waals surface area contributed by atoms with Crippen LogP contribution in [0.25, 0.3) is 0 Å². The fourth-order valence-electron chi connectivity index (χ4n) is 1.28. The lowest BCUT2D eigenvalue weighted by Gasteiger charge is -2.26. The molecule has 2 N–H and O–H groups in total. The number of carboxylic acids is 1. The van der Waals surface area contributed by atoms with Gasteiger partial charge >= 0.3 is 5.97 Å². The lowest BCUT2D eigenvalue weighted by molar-refractivity contribution is -0.144. The Labute approximate surface area is 116 Å². The van der Waals surface area contributed by atoms with E-state index in [-0.39, 0.29) is 0 Å². The van der Waals surface area contributed by atoms with Crippen LogP contribution in [0.3, 0.4) is 0 Å². The Kier molecular flexibility index (Phi) is 4.78. The Bertz CT molecular complexity index is 470. The summed E-state index contributed by atoms with van der Waals surface area (Å²) in [5.74, 6) is -1.12. The van der Waals surface area contributed by atoms with Crippen LogP contribution in [0.15, 0.2) is 24.3 Å². The molecule has 0 radical (unpaired) electrons. The van der Waals surface area contributed by atoms with Gasteiger partial charge in [-0.2, -0.15) is 0 Å². The van der Waals surface area contributed by atoms with E-state index in [1.165, 1.54) is 6.92 Å². The molecule has 0 bridgehead atoms. The van der Waals surface area contributed by atoms with Gasteiger partial charge in [-0.25, -0.2) is 0 Å². The number of ether oxygens (including phenoxy) is 1. The smallest absolute Gasteiger partial charge is 0.325 e. The number of amides is 1. The van der Waals surface area contributed by atoms with Crippen LogP contribution in [0.5, 0.6) is 5.75 Å². The quantitative estimate of drug-likeness (QED) is 0.868. The summed E-state index contributed by atoms with van der Waals surface area (Å²) in [6.07, 6.45) is 0. The van der Waals surface area contributed by atoms with Crippen molar-refractivity contribution >= 4 is 23.5 Å². The molecule has 0 heterocycles. The fraction of sp³-hybridized carbons (Fsp3) is 0.385. The van der Waals surface area contributed by atoms with Crippen molar-refractivity contribution in [2.24, 2.45) is 0 Å². The van der Waals surface area contributed by atoms with Gasteiger partial charge in [0.05, 0.1) is 0 Å². The molecule has 0 unspecified atom stereocenters. The first kappa shape index (κ1) is 15.3. The Morgan fingerprint density at radius 1 is 1.32 bits per heavy atom. The van der Waals surface area contributed by atoms with Gasteiger partial charge in [0, 0.05) is 5.02 Å². The number of aliphatic carboxylic acids is 1. The topological polar surface area (TPSA) is 75.6 Å². The van der Waals surface area contributed by atoms with Crippen LogP contribution >= 0.6 is 11.6 Å². The number of hydrogen-bond acceptors (Lipinski definition) is 3. The normalized spacial score (nSPS) is 12.6. The summed E-state index contributed by atoms with van der Waals surface area (Å²) < 4.78 is 5.54. The van der Waals surface area contributed by atoms with Crippen molar-refractivity contribution in [1.29, 1.82) is 0 Å². The number of carbonyl (C=O) groups excluding carboxylic acids is 1. The molecule has 0 aliphatic heterocycles. The van der Waals surface area contributed by atoms with Crippen molar-refractivity contribution in [2.75, 3.05) is 0 Å². The third kappa shape index (κ3) is 4.44. The van der Waals surface area contributed by atoms with Crippen LogP contribution < -0.4 is 10.1 Å². The van der Waals surface area contributed by atoms with E-state index in [0.717, 1.165) is 0 Å². The molecular formula is C13H16ClNO4. The van der Waals surface area contributed by atoms with Crippen LogP contribution in [0.4, 0.5) is 0 Å². The van der Waals surface area contributed by atoms with Crippen LogP contribution in [0.1, 0.15) is 20.8 Å². The highest BCUT2D eigenvalue weighted by Gasteiger charge is 2.32. The van der Waals surface area contributed by atoms with Crippen molar-refractivity contribution in [1.82, 2.24) is 5.32 Å². The van der Waals surface area contributed by atoms with E-state index in [1.807, 2.05) is 0 Å². The Morgan fingerprint density at radius 3 is 2.32 bits per heavy atom. The Morgan fingerprint density at radius 2 is 1.84 bits per heavy atom. The summed E-state index contributed by atoms with van der Waals surface area (Å²) in [4.78, 5) is 22.6. The molecule has 0 saturated heterocycles. The molecule has 0 aliphatic rings. The van der Waals surface area contributed by atoms with Crippen molar-refractivity contribution in [3.05, 3.63) is 29.3 Å². The molecule has 104 valence electrons. The number of halogens is 1. The molecule has 19 heavy (non-hydrogen) atoms. The maximum Gasteiger partial charge on any atom is 0.325 e. The minimum Gasteiger partial charge on any atom is -0.480 e. The standard InChI is InChI=1S/C13H16ClNO4/c1-8(11(16)17)15-12(18)13(2,3)19-10-6-4-9(14)5-7-10/h4-8H,1-3H3,(H,15,18)(H,16,17)/t8-/m0/s1. The second-order valence-electron chi connectivity index (χ2n) is 4.60. The Balaban J connectivity index is 2.72. The SMILES string of the molecule is C[C@H](NC(=O)C(C)(C)Oc1ccc(Cl)cc1)C(=O)O. The molecule has 0 fully saturated rings. The fourth-order valence-corrected chi connectivity index (χ4v) is 1.40. The third-order valence-corrected chi connectivity index (χ3v) is 2.70. The molecule has 1 aromatic carbocycles. The molecule has 5 nitrogen and oxygen atoms in total. The first-order chi connectivity index (χ1) is 8.72. The summed E-state index contributed by atoms with van der Waals surface area (Å²) in [5, 5.41) is 11.7. The predicted octanol–water partition coefficient (Wildman–Crippen LogP) is 2.09. The lowest BCUT2D eigenvalue weighted by Crippen LogP contribution is -2.51. The summed E-state index contributed by atoms with van der Waals surface area (Å²) in [5.41, 5.74) is -1.18. The molecule has 1 rings (SSSR count). The predicted molar refractivity (Wildman–Crippen MR) is 71.4 cm³/mol. The van der Waals surface area contributed by atoms with E-state index in [4.69, 9.17) is 21.4 Å². The third-order valence-electron chi connectivity index (χ3n) is 2.45. The van der Waals surface area contributed by atoms with E-state index in [2.05, 4.69) is 5.32 Å². The zero-order valence-electron chi connectivity index (χ0n) is 10.9. The van der Waals surface area contributed by atoms with E-state index in [9.17, 15) is 9.59 Å². The number of rotatable bonds is 5. The first-order valence-electron chi connectivity index (χ1n) is 5.71. The first-order valence-corrected chi connectivity index (χ1v) is 6.08. The molecule has 0 spiro atoms. The van der Waals surface area contributed by atoms with Crippen LogP contribution in [-0.4, -0.2) is 28.6 Å². The van der Waals surface area contributed by atoms with Gasteiger partial charge in [-0.3, -0.25) is 9.59 Å². The minimum atomic E-state index is -1.18. The maximum absolute atomic E-state index is 11.9. The van der Waals surface area contributed by atoms with Crippen molar-refractivity contribution < 1.29 is 19.4 Å². The van der Waals surface area contributed by atoms with Crippen molar-refractivity contribution in [3.8, 4) is 5.75 Å². The minimum absolute atomic E-state index is 0.479. The zero-order chi connectivity index (χ0) is 14.6. The molecule has 0 saturated carbocycles. The number of hydrogen-bond donors (Lipinski definition) is 2. The molecule has 0 aliphatic carbocycles. The second-order valence-corrected chi connectivity index (χ2v) is 5.04. The van der Waals surface area contributed by atoms with Gasteiger partial charge in [-0.1, -0.05) is 11.6 Å². The average molecular weight is 286 g/mol. The van der Waals surface area contributed by atoms with Gasteiger partial charge in [-0.05, 0) is 45.0 Å². The number of nitrogens with one attached hydrogen (secondary N) is 1. The van der Waals surface area contributed by atoms with Gasteiger partial charge in [0.2, 0.25) is 0 Å². The van der Waals surface area contributed by atoms with Crippen LogP contribution in [0.2, 0.25) is 5.02 Å². The van der Waals surface area contributed by atoms with Gasteiger partial charge in [0.1, 0.15) is 11.8 Å². The van der Waals surface area contributed by atoms with Crippen LogP contribution in [0, 0.1) is 0 Å². The van der Waals surface area contributed by atoms with E-state index >= 15 is 0 Å². The summed E-state index contributed by atoms with van der Waals surface area (Å²) in [6.45, 7) is 4.51. The zero-order valence-corrected chi connectivity index (χ0v) is 11.7. The van der Waals surface area contributed by atoms with E-state index in [0.29, 0.717) is 10.8 Å². The lowest BCUT2D eigenvalue weighted by atomic mass is 10.1. The molecule has 1 amide bonds. The van der Waals surface area contributed by atoms with Gasteiger partial charge in [0.15, 0.2) is 5.60 Å². The van der Waals surface area contributed by atoms with Gasteiger partial charge < -0.3 is 15.2 Å². The molecule has 0 aromatic heterocycles. The molecular weight excluding hydrogens is 270 g/mol. The largest absolute Gasteiger partial charge is 0.480 e. The summed E-state index contributed by atoms with van der Waals surface area (Å²) in [6, 6.07) is 5.59. The van der Waals surface area contributed by atoms with E-state index < -0.39 is 23.5 Å². The van der Waals surface area contributed by atoms with Crippen molar-refractivity contribution in [2.45, 2.75) is 32.4 Å². The Hall–Kier alpha value is -1.75. The molecule has 1 aromatic rings. The number of benzene rings is 1. The monoisotopic (exact) mass is 285 g/mol. The summed E-state index contributed by atoms with van der Waals surface area (Å²) in [7, 11) is 0. The second kappa shape index (κ2) is 5.93. The highest BCUT2D eigenvalue weighted by molar-refractivity contribution is 6.30. The molecule has 6 heteroatoms. The number of carboxylic acid groups (broad SMARTS) is 1. The summed E-state index contributed by atoms with van der Waals surface area (Å²) >= 11 is 5.75. The maximum atomic E-state index is 11.9. The van der Waals surface area contributed by atoms with Crippen molar-refractivity contribution in [3.63, 3.8) is 0 Å². The van der Waals surface area contributed by atoms with Gasteiger partial charge in [0.25, 0.3) is 5.91 Å². The molecule has 1 atom stereocenters. The highest BCUT2D eigenvalue weighted by atomic mass is 35.5. The highest BCUT2D eigenvalue weighted by Crippen LogP contribution is 2.21. The van der Waals surface area contributed by atoms with E-state index in [1.54, 1.807) is 38.1 Å². The van der Waals surface area contributed by atoms with Crippen LogP contribution in [-0.2, 0) is 9.59 Å². The average Bonchev–Trinajstić information content (AvgIpc) is 2.31. The number of carbonyl (C=O) groups is 2. The van der Waals surface area contributed by atoms with Gasteiger partial charge in [-0.15, -0.1) is 0 Å².